The van der Waals surface area contributed by atoms with E-state index in [0.29, 0.717) is 10.8 Å². The molecule has 20 heavy (non-hydrogen) atoms. The molecule has 0 spiro atoms. The second-order valence-electron chi connectivity index (χ2n) is 4.48. The zero-order valence-corrected chi connectivity index (χ0v) is 11.7. The maximum atomic E-state index is 6.16. The van der Waals surface area contributed by atoms with Crippen molar-refractivity contribution in [1.82, 2.24) is 14.8 Å². The summed E-state index contributed by atoms with van der Waals surface area (Å²) in [6.45, 7) is 0. The first-order valence-corrected chi connectivity index (χ1v) is 6.53. The van der Waals surface area contributed by atoms with Crippen LogP contribution in [0, 0.1) is 0 Å². The molecular weight excluding hydrogens is 272 g/mol. The maximum absolute atomic E-state index is 6.16. The van der Waals surface area contributed by atoms with Gasteiger partial charge in [-0.05, 0) is 29.8 Å². The van der Waals surface area contributed by atoms with E-state index in [1.165, 1.54) is 0 Å². The van der Waals surface area contributed by atoms with Crippen LogP contribution >= 0.6 is 11.6 Å². The van der Waals surface area contributed by atoms with Gasteiger partial charge in [0, 0.05) is 30.0 Å². The number of pyridine rings is 1. The summed E-state index contributed by atoms with van der Waals surface area (Å²) in [5, 5.41) is 5.21. The van der Waals surface area contributed by atoms with Crippen molar-refractivity contribution in [2.45, 2.75) is 0 Å². The minimum atomic E-state index is 0.626. The summed E-state index contributed by atoms with van der Waals surface area (Å²) in [5.41, 5.74) is 9.89. The van der Waals surface area contributed by atoms with Crippen molar-refractivity contribution in [3.63, 3.8) is 0 Å². The Morgan fingerprint density at radius 3 is 2.30 bits per heavy atom. The quantitative estimate of drug-likeness (QED) is 0.785. The molecule has 0 saturated carbocycles. The van der Waals surface area contributed by atoms with Gasteiger partial charge < -0.3 is 5.73 Å². The van der Waals surface area contributed by atoms with Crippen molar-refractivity contribution in [1.29, 1.82) is 0 Å². The summed E-state index contributed by atoms with van der Waals surface area (Å²) in [6, 6.07) is 11.4. The average molecular weight is 285 g/mol. The average Bonchev–Trinajstić information content (AvgIpc) is 2.77. The molecule has 5 heteroatoms. The van der Waals surface area contributed by atoms with Gasteiger partial charge in [-0.25, -0.2) is 0 Å². The van der Waals surface area contributed by atoms with Gasteiger partial charge in [-0.3, -0.25) is 9.67 Å². The summed E-state index contributed by atoms with van der Waals surface area (Å²) in [6.07, 6.45) is 3.49. The van der Waals surface area contributed by atoms with Crippen molar-refractivity contribution < 1.29 is 0 Å². The van der Waals surface area contributed by atoms with E-state index in [4.69, 9.17) is 17.3 Å². The minimum Gasteiger partial charge on any atom is -0.383 e. The second kappa shape index (κ2) is 4.98. The first-order valence-electron chi connectivity index (χ1n) is 6.15. The standard InChI is InChI=1S/C15H13ClN4/c1-20-15(17)13(10-6-8-18-9-7-10)14(19-20)11-2-4-12(16)5-3-11/h2-9H,17H2,1H3. The first-order chi connectivity index (χ1) is 9.66. The lowest BCUT2D eigenvalue weighted by molar-refractivity contribution is 0.782. The van der Waals surface area contributed by atoms with E-state index < -0.39 is 0 Å². The Kier molecular flexibility index (Phi) is 3.16. The number of aromatic nitrogens is 3. The highest BCUT2D eigenvalue weighted by molar-refractivity contribution is 6.30. The van der Waals surface area contributed by atoms with Crippen LogP contribution in [-0.2, 0) is 7.05 Å². The van der Waals surface area contributed by atoms with Crippen LogP contribution < -0.4 is 5.73 Å². The number of nitrogen functional groups attached to an aromatic ring is 1. The Hall–Kier alpha value is -2.33. The lowest BCUT2D eigenvalue weighted by atomic mass is 10.0. The zero-order valence-electron chi connectivity index (χ0n) is 10.9. The van der Waals surface area contributed by atoms with Crippen molar-refractivity contribution in [2.24, 2.45) is 7.05 Å². The van der Waals surface area contributed by atoms with Crippen LogP contribution in [-0.4, -0.2) is 14.8 Å². The molecule has 1 aromatic carbocycles. The molecule has 2 aromatic heterocycles. The molecule has 4 nitrogen and oxygen atoms in total. The zero-order chi connectivity index (χ0) is 14.1. The Bertz CT molecular complexity index is 733. The van der Waals surface area contributed by atoms with Crippen molar-refractivity contribution in [3.8, 4) is 22.4 Å². The van der Waals surface area contributed by atoms with E-state index in [1.807, 2.05) is 43.4 Å². The third-order valence-electron chi connectivity index (χ3n) is 3.18. The molecule has 2 heterocycles. The number of rotatable bonds is 2. The van der Waals surface area contributed by atoms with E-state index >= 15 is 0 Å². The second-order valence-corrected chi connectivity index (χ2v) is 4.91. The highest BCUT2D eigenvalue weighted by Crippen LogP contribution is 2.35. The fourth-order valence-corrected chi connectivity index (χ4v) is 2.28. The van der Waals surface area contributed by atoms with E-state index in [0.717, 1.165) is 22.4 Å². The highest BCUT2D eigenvalue weighted by atomic mass is 35.5. The van der Waals surface area contributed by atoms with Gasteiger partial charge in [-0.2, -0.15) is 5.10 Å². The Morgan fingerprint density at radius 1 is 1.00 bits per heavy atom. The van der Waals surface area contributed by atoms with Gasteiger partial charge in [0.1, 0.15) is 11.5 Å². The first kappa shape index (κ1) is 12.7. The number of anilines is 1. The van der Waals surface area contributed by atoms with Crippen LogP contribution in [0.3, 0.4) is 0 Å². The number of hydrogen-bond donors (Lipinski definition) is 1. The summed E-state index contributed by atoms with van der Waals surface area (Å²) < 4.78 is 1.68. The van der Waals surface area contributed by atoms with Crippen LogP contribution in [0.5, 0.6) is 0 Å². The van der Waals surface area contributed by atoms with E-state index in [-0.39, 0.29) is 0 Å². The van der Waals surface area contributed by atoms with Crippen LogP contribution in [0.2, 0.25) is 5.02 Å². The molecule has 0 atom stereocenters. The molecular formula is C15H13ClN4. The summed E-state index contributed by atoms with van der Waals surface area (Å²) >= 11 is 5.93. The molecule has 2 N–H and O–H groups in total. The largest absolute Gasteiger partial charge is 0.383 e. The van der Waals surface area contributed by atoms with Gasteiger partial charge in [-0.15, -0.1) is 0 Å². The third kappa shape index (κ3) is 2.14. The number of nitrogens with zero attached hydrogens (tertiary/aromatic N) is 3. The maximum Gasteiger partial charge on any atom is 0.129 e. The van der Waals surface area contributed by atoms with E-state index in [9.17, 15) is 0 Å². The predicted octanol–water partition coefficient (Wildman–Crippen LogP) is 3.38. The molecule has 0 radical (unpaired) electrons. The lowest BCUT2D eigenvalue weighted by Gasteiger charge is -2.04. The Morgan fingerprint density at radius 2 is 1.65 bits per heavy atom. The van der Waals surface area contributed by atoms with Gasteiger partial charge in [0.05, 0.1) is 5.56 Å². The number of benzene rings is 1. The fourth-order valence-electron chi connectivity index (χ4n) is 2.15. The van der Waals surface area contributed by atoms with Crippen LogP contribution in [0.25, 0.3) is 22.4 Å². The predicted molar refractivity (Wildman–Crippen MR) is 81.3 cm³/mol. The molecule has 0 aliphatic heterocycles. The smallest absolute Gasteiger partial charge is 0.129 e. The third-order valence-corrected chi connectivity index (χ3v) is 3.43. The highest BCUT2D eigenvalue weighted by Gasteiger charge is 2.17. The molecule has 0 amide bonds. The molecule has 3 aromatic rings. The van der Waals surface area contributed by atoms with Gasteiger partial charge in [-0.1, -0.05) is 23.7 Å². The molecule has 0 saturated heterocycles. The summed E-state index contributed by atoms with van der Waals surface area (Å²) in [7, 11) is 1.83. The number of nitrogens with two attached hydrogens (primary N) is 1. The molecule has 0 bridgehead atoms. The molecule has 3 rings (SSSR count). The van der Waals surface area contributed by atoms with E-state index in [2.05, 4.69) is 10.1 Å². The summed E-state index contributed by atoms with van der Waals surface area (Å²) in [4.78, 5) is 4.04. The van der Waals surface area contributed by atoms with Gasteiger partial charge in [0.15, 0.2) is 0 Å². The van der Waals surface area contributed by atoms with Gasteiger partial charge >= 0.3 is 0 Å². The monoisotopic (exact) mass is 284 g/mol. The fraction of sp³-hybridized carbons (Fsp3) is 0.0667. The minimum absolute atomic E-state index is 0.626. The topological polar surface area (TPSA) is 56.7 Å². The summed E-state index contributed by atoms with van der Waals surface area (Å²) in [5.74, 6) is 0.626. The van der Waals surface area contributed by atoms with Crippen LogP contribution in [0.4, 0.5) is 5.82 Å². The van der Waals surface area contributed by atoms with Gasteiger partial charge in [0.2, 0.25) is 0 Å². The molecule has 0 aliphatic carbocycles. The Labute approximate surface area is 121 Å². The Balaban J connectivity index is 2.22. The van der Waals surface area contributed by atoms with Crippen molar-refractivity contribution in [2.75, 3.05) is 5.73 Å². The molecule has 0 unspecified atom stereocenters. The normalized spacial score (nSPS) is 10.7. The number of halogens is 1. The molecule has 0 fully saturated rings. The SMILES string of the molecule is Cn1nc(-c2ccc(Cl)cc2)c(-c2ccncc2)c1N. The van der Waals surface area contributed by atoms with Crippen molar-refractivity contribution >= 4 is 17.4 Å². The molecule has 0 aliphatic rings. The van der Waals surface area contributed by atoms with Crippen molar-refractivity contribution in [3.05, 3.63) is 53.8 Å². The van der Waals surface area contributed by atoms with E-state index in [1.54, 1.807) is 17.1 Å². The number of aryl methyl sites for hydroxylation is 1. The van der Waals surface area contributed by atoms with Crippen LogP contribution in [0.1, 0.15) is 0 Å². The lowest BCUT2D eigenvalue weighted by Crippen LogP contribution is -1.97. The van der Waals surface area contributed by atoms with Gasteiger partial charge in [0.25, 0.3) is 0 Å². The van der Waals surface area contributed by atoms with Crippen LogP contribution in [0.15, 0.2) is 48.8 Å². The molecule has 100 valence electrons. The number of hydrogen-bond acceptors (Lipinski definition) is 3.